The van der Waals surface area contributed by atoms with Crippen molar-refractivity contribution >= 4 is 5.91 Å². The summed E-state index contributed by atoms with van der Waals surface area (Å²) in [6.07, 6.45) is 3.23. The topological polar surface area (TPSA) is 62.2 Å². The molecule has 2 rings (SSSR count). The highest BCUT2D eigenvalue weighted by Gasteiger charge is 2.19. The van der Waals surface area contributed by atoms with Crippen molar-refractivity contribution in [2.45, 2.75) is 12.5 Å². The van der Waals surface area contributed by atoms with Crippen LogP contribution in [-0.2, 0) is 11.3 Å². The smallest absolute Gasteiger partial charge is 0.230 e. The molecule has 0 spiro atoms. The van der Waals surface area contributed by atoms with Crippen LogP contribution in [0.3, 0.4) is 0 Å². The fourth-order valence-corrected chi connectivity index (χ4v) is 1.84. The number of rotatable bonds is 5. The highest BCUT2D eigenvalue weighted by atomic mass is 16.3. The third kappa shape index (κ3) is 3.63. The van der Waals surface area contributed by atoms with Gasteiger partial charge in [0.2, 0.25) is 5.91 Å². The lowest BCUT2D eigenvalue weighted by atomic mass is 10.0. The lowest BCUT2D eigenvalue weighted by molar-refractivity contribution is -0.123. The minimum Gasteiger partial charge on any atom is -0.395 e. The van der Waals surface area contributed by atoms with E-state index in [0.29, 0.717) is 6.54 Å². The monoisotopic (exact) mass is 256 g/mol. The zero-order valence-corrected chi connectivity index (χ0v) is 10.5. The fourth-order valence-electron chi connectivity index (χ4n) is 1.84. The first-order valence-electron chi connectivity index (χ1n) is 6.13. The maximum Gasteiger partial charge on any atom is 0.230 e. The molecule has 2 aromatic rings. The predicted molar refractivity (Wildman–Crippen MR) is 72.4 cm³/mol. The molecule has 4 nitrogen and oxygen atoms in total. The molecule has 0 aliphatic carbocycles. The van der Waals surface area contributed by atoms with Crippen molar-refractivity contribution in [3.05, 3.63) is 66.0 Å². The highest BCUT2D eigenvalue weighted by Crippen LogP contribution is 2.14. The van der Waals surface area contributed by atoms with Gasteiger partial charge in [-0.05, 0) is 23.3 Å². The molecule has 1 aromatic heterocycles. The lowest BCUT2D eigenvalue weighted by Crippen LogP contribution is -2.30. The number of aliphatic hydroxyl groups excluding tert-OH is 1. The lowest BCUT2D eigenvalue weighted by Gasteiger charge is -2.14. The third-order valence-corrected chi connectivity index (χ3v) is 2.92. The summed E-state index contributed by atoms with van der Waals surface area (Å²) in [6.45, 7) is 0.242. The maximum absolute atomic E-state index is 12.1. The van der Waals surface area contributed by atoms with E-state index >= 15 is 0 Å². The van der Waals surface area contributed by atoms with Crippen LogP contribution in [0.4, 0.5) is 0 Å². The Morgan fingerprint density at radius 2 is 1.84 bits per heavy atom. The van der Waals surface area contributed by atoms with Gasteiger partial charge in [0.1, 0.15) is 0 Å². The summed E-state index contributed by atoms with van der Waals surface area (Å²) >= 11 is 0. The Morgan fingerprint density at radius 1 is 1.16 bits per heavy atom. The van der Waals surface area contributed by atoms with E-state index in [1.807, 2.05) is 30.3 Å². The number of carbonyl (C=O) groups is 1. The molecule has 1 heterocycles. The third-order valence-electron chi connectivity index (χ3n) is 2.92. The van der Waals surface area contributed by atoms with Crippen LogP contribution >= 0.6 is 0 Å². The van der Waals surface area contributed by atoms with Gasteiger partial charge in [0.05, 0.1) is 12.5 Å². The van der Waals surface area contributed by atoms with Gasteiger partial charge in [-0.2, -0.15) is 0 Å². The molecule has 19 heavy (non-hydrogen) atoms. The number of amides is 1. The normalized spacial score (nSPS) is 11.8. The molecule has 0 bridgehead atoms. The Morgan fingerprint density at radius 3 is 2.47 bits per heavy atom. The second-order valence-corrected chi connectivity index (χ2v) is 4.22. The van der Waals surface area contributed by atoms with E-state index in [0.717, 1.165) is 11.1 Å². The number of hydrogen-bond acceptors (Lipinski definition) is 3. The van der Waals surface area contributed by atoms with E-state index in [-0.39, 0.29) is 12.5 Å². The molecule has 4 heteroatoms. The Balaban J connectivity index is 1.98. The average molecular weight is 256 g/mol. The zero-order chi connectivity index (χ0) is 13.5. The van der Waals surface area contributed by atoms with Crippen molar-refractivity contribution in [2.75, 3.05) is 6.61 Å². The largest absolute Gasteiger partial charge is 0.395 e. The molecule has 98 valence electrons. The number of pyridine rings is 1. The van der Waals surface area contributed by atoms with E-state index in [4.69, 9.17) is 0 Å². The SMILES string of the molecule is O=C(NCc1ccccc1)[C@@H](CO)c1ccncc1. The summed E-state index contributed by atoms with van der Waals surface area (Å²) < 4.78 is 0. The molecule has 0 unspecified atom stereocenters. The number of carbonyl (C=O) groups excluding carboxylic acids is 1. The number of nitrogens with one attached hydrogen (secondary N) is 1. The molecule has 0 radical (unpaired) electrons. The highest BCUT2D eigenvalue weighted by molar-refractivity contribution is 5.83. The van der Waals surface area contributed by atoms with Crippen LogP contribution in [0.25, 0.3) is 0 Å². The number of aliphatic hydroxyl groups is 1. The summed E-state index contributed by atoms with van der Waals surface area (Å²) in [4.78, 5) is 16.0. The van der Waals surface area contributed by atoms with Crippen LogP contribution in [0.5, 0.6) is 0 Å². The van der Waals surface area contributed by atoms with Crippen LogP contribution in [0.2, 0.25) is 0 Å². The van der Waals surface area contributed by atoms with Gasteiger partial charge in [-0.25, -0.2) is 0 Å². The van der Waals surface area contributed by atoms with Gasteiger partial charge in [0.25, 0.3) is 0 Å². The van der Waals surface area contributed by atoms with Crippen LogP contribution in [0.1, 0.15) is 17.0 Å². The van der Waals surface area contributed by atoms with Gasteiger partial charge >= 0.3 is 0 Å². The molecule has 0 aliphatic rings. The zero-order valence-electron chi connectivity index (χ0n) is 10.5. The van der Waals surface area contributed by atoms with Crippen LogP contribution < -0.4 is 5.32 Å². The van der Waals surface area contributed by atoms with E-state index in [9.17, 15) is 9.90 Å². The molecular weight excluding hydrogens is 240 g/mol. The summed E-state index contributed by atoms with van der Waals surface area (Å²) in [5.74, 6) is -0.732. The molecular formula is C15H16N2O2. The number of nitrogens with zero attached hydrogens (tertiary/aromatic N) is 1. The second kappa shape index (κ2) is 6.66. The van der Waals surface area contributed by atoms with E-state index in [2.05, 4.69) is 10.3 Å². The van der Waals surface area contributed by atoms with Crippen molar-refractivity contribution in [3.8, 4) is 0 Å². The van der Waals surface area contributed by atoms with Crippen LogP contribution in [-0.4, -0.2) is 22.6 Å². The van der Waals surface area contributed by atoms with Gasteiger partial charge in [0, 0.05) is 18.9 Å². The average Bonchev–Trinajstić information content (AvgIpc) is 2.48. The number of benzene rings is 1. The summed E-state index contributed by atoms with van der Waals surface area (Å²) in [6, 6.07) is 13.1. The van der Waals surface area contributed by atoms with Gasteiger partial charge < -0.3 is 10.4 Å². The first-order valence-corrected chi connectivity index (χ1v) is 6.13. The molecule has 2 N–H and O–H groups in total. The molecule has 0 saturated heterocycles. The summed E-state index contributed by atoms with van der Waals surface area (Å²) in [7, 11) is 0. The maximum atomic E-state index is 12.1. The Labute approximate surface area is 112 Å². The first-order chi connectivity index (χ1) is 9.31. The molecule has 1 aromatic carbocycles. The van der Waals surface area contributed by atoms with E-state index in [1.54, 1.807) is 24.5 Å². The first kappa shape index (κ1) is 13.2. The van der Waals surface area contributed by atoms with Crippen LogP contribution in [0, 0.1) is 0 Å². The molecule has 0 fully saturated rings. The fraction of sp³-hybridized carbons (Fsp3) is 0.200. The van der Waals surface area contributed by atoms with Crippen LogP contribution in [0.15, 0.2) is 54.9 Å². The number of hydrogen-bond donors (Lipinski definition) is 2. The summed E-state index contributed by atoms with van der Waals surface area (Å²) in [5.41, 5.74) is 1.80. The van der Waals surface area contributed by atoms with Crippen molar-refractivity contribution in [1.29, 1.82) is 0 Å². The Hall–Kier alpha value is -2.20. The van der Waals surface area contributed by atoms with Gasteiger partial charge in [-0.3, -0.25) is 9.78 Å². The van der Waals surface area contributed by atoms with Gasteiger partial charge in [0.15, 0.2) is 0 Å². The van der Waals surface area contributed by atoms with Crippen molar-refractivity contribution < 1.29 is 9.90 Å². The minimum absolute atomic E-state index is 0.183. The standard InChI is InChI=1S/C15H16N2O2/c18-11-14(13-6-8-16-9-7-13)15(19)17-10-12-4-2-1-3-5-12/h1-9,14,18H,10-11H2,(H,17,19)/t14-/m0/s1. The van der Waals surface area contributed by atoms with Crippen molar-refractivity contribution in [3.63, 3.8) is 0 Å². The van der Waals surface area contributed by atoms with E-state index < -0.39 is 5.92 Å². The molecule has 0 aliphatic heterocycles. The van der Waals surface area contributed by atoms with Crippen molar-refractivity contribution in [2.24, 2.45) is 0 Å². The van der Waals surface area contributed by atoms with Crippen molar-refractivity contribution in [1.82, 2.24) is 10.3 Å². The Bertz CT molecular complexity index is 514. The van der Waals surface area contributed by atoms with E-state index in [1.165, 1.54) is 0 Å². The predicted octanol–water partition coefficient (Wildman–Crippen LogP) is 1.47. The Kier molecular flexibility index (Phi) is 4.64. The molecule has 1 amide bonds. The second-order valence-electron chi connectivity index (χ2n) is 4.22. The molecule has 1 atom stereocenters. The number of aromatic nitrogens is 1. The van der Waals surface area contributed by atoms with Gasteiger partial charge in [-0.15, -0.1) is 0 Å². The van der Waals surface area contributed by atoms with Gasteiger partial charge in [-0.1, -0.05) is 30.3 Å². The summed E-state index contributed by atoms with van der Waals surface area (Å²) in [5, 5.41) is 12.2. The minimum atomic E-state index is -0.549. The molecule has 0 saturated carbocycles. The quantitative estimate of drug-likeness (QED) is 0.851.